The third-order valence-corrected chi connectivity index (χ3v) is 6.80. The van der Waals surface area contributed by atoms with Gasteiger partial charge in [0.2, 0.25) is 0 Å². The van der Waals surface area contributed by atoms with Gasteiger partial charge in [0.1, 0.15) is 0 Å². The Labute approximate surface area is 150 Å². The molecule has 0 atom stereocenters. The molecule has 2 rings (SSSR count). The van der Waals surface area contributed by atoms with Crippen LogP contribution < -0.4 is 5.19 Å². The van der Waals surface area contributed by atoms with Crippen molar-refractivity contribution in [2.24, 2.45) is 5.41 Å². The number of aliphatic hydroxyl groups excluding tert-OH is 1. The molecule has 0 aromatic heterocycles. The fraction of sp³-hybridized carbons (Fsp3) is 0.579. The first-order valence-corrected chi connectivity index (χ1v) is 12.3. The lowest BCUT2D eigenvalue weighted by Crippen LogP contribution is -2.43. The van der Waals surface area contributed by atoms with Crippen molar-refractivity contribution in [3.63, 3.8) is 0 Å². The van der Waals surface area contributed by atoms with E-state index in [1.165, 1.54) is 0 Å². The maximum Gasteiger partial charge on any atom is 0.324 e. The van der Waals surface area contributed by atoms with Gasteiger partial charge in [-0.1, -0.05) is 37.0 Å². The third-order valence-electron chi connectivity index (χ3n) is 4.72. The van der Waals surface area contributed by atoms with Crippen molar-refractivity contribution in [2.45, 2.75) is 52.9 Å². The van der Waals surface area contributed by atoms with Gasteiger partial charge >= 0.3 is 11.9 Å². The van der Waals surface area contributed by atoms with Gasteiger partial charge in [-0.2, -0.15) is 0 Å². The Morgan fingerprint density at radius 1 is 1.04 bits per heavy atom. The predicted molar refractivity (Wildman–Crippen MR) is 98.5 cm³/mol. The summed E-state index contributed by atoms with van der Waals surface area (Å²) in [7, 11) is -1.67. The Morgan fingerprint density at radius 2 is 1.52 bits per heavy atom. The molecule has 1 N–H and O–H groups in total. The predicted octanol–water partition coefficient (Wildman–Crippen LogP) is 1.94. The minimum atomic E-state index is -1.67. The van der Waals surface area contributed by atoms with Crippen molar-refractivity contribution < 1.29 is 24.2 Å². The lowest BCUT2D eigenvalue weighted by molar-refractivity contribution is -0.171. The molecule has 1 aromatic carbocycles. The van der Waals surface area contributed by atoms with E-state index in [0.29, 0.717) is 6.42 Å². The fourth-order valence-electron chi connectivity index (χ4n) is 3.52. The zero-order valence-electron chi connectivity index (χ0n) is 15.8. The highest BCUT2D eigenvalue weighted by atomic mass is 28.3. The number of rotatable bonds is 6. The molecule has 0 aliphatic heterocycles. The molecule has 5 nitrogen and oxygen atoms in total. The molecule has 1 aromatic rings. The number of ether oxygens (including phenoxy) is 2. The molecule has 0 saturated carbocycles. The number of carbonyl (C=O) groups excluding carboxylic acids is 2. The average Bonchev–Trinajstić information content (AvgIpc) is 2.93. The van der Waals surface area contributed by atoms with E-state index in [4.69, 9.17) is 9.47 Å². The van der Waals surface area contributed by atoms with Crippen LogP contribution in [0.1, 0.15) is 30.5 Å². The van der Waals surface area contributed by atoms with Gasteiger partial charge in [0.05, 0.1) is 27.9 Å². The quantitative estimate of drug-likeness (QED) is 0.474. The summed E-state index contributed by atoms with van der Waals surface area (Å²) < 4.78 is 10.4. The molecule has 0 fully saturated rings. The summed E-state index contributed by atoms with van der Waals surface area (Å²) in [6.07, 6.45) is 0.558. The highest BCUT2D eigenvalue weighted by molar-refractivity contribution is 6.89. The molecule has 0 amide bonds. The molecule has 0 radical (unpaired) electrons. The first-order chi connectivity index (χ1) is 11.7. The van der Waals surface area contributed by atoms with Gasteiger partial charge in [0, 0.05) is 0 Å². The maximum absolute atomic E-state index is 12.6. The number of benzene rings is 1. The Hall–Kier alpha value is -1.66. The molecule has 0 bridgehead atoms. The largest absolute Gasteiger partial charge is 0.465 e. The van der Waals surface area contributed by atoms with Gasteiger partial charge in [-0.3, -0.25) is 9.59 Å². The molecule has 1 aliphatic carbocycles. The fourth-order valence-corrected chi connectivity index (χ4v) is 5.24. The number of esters is 2. The summed E-state index contributed by atoms with van der Waals surface area (Å²) in [5.74, 6) is -1.05. The first kappa shape index (κ1) is 19.7. The van der Waals surface area contributed by atoms with Crippen molar-refractivity contribution in [1.82, 2.24) is 0 Å². The lowest BCUT2D eigenvalue weighted by atomic mass is 9.84. The number of fused-ring (bicyclic) bond motifs is 1. The summed E-state index contributed by atoms with van der Waals surface area (Å²) in [4.78, 5) is 25.2. The van der Waals surface area contributed by atoms with Crippen LogP contribution in [0.5, 0.6) is 0 Å². The zero-order chi connectivity index (χ0) is 18.8. The zero-order valence-corrected chi connectivity index (χ0v) is 16.8. The van der Waals surface area contributed by atoms with Crippen LogP contribution in [-0.2, 0) is 38.5 Å². The Morgan fingerprint density at radius 3 is 1.92 bits per heavy atom. The summed E-state index contributed by atoms with van der Waals surface area (Å²) in [6.45, 7) is 10.5. The van der Waals surface area contributed by atoms with Gasteiger partial charge in [-0.25, -0.2) is 0 Å². The van der Waals surface area contributed by atoms with Crippen molar-refractivity contribution in [3.8, 4) is 0 Å². The molecule has 0 unspecified atom stereocenters. The van der Waals surface area contributed by atoms with Crippen molar-refractivity contribution >= 4 is 25.2 Å². The van der Waals surface area contributed by atoms with Gasteiger partial charge in [0.25, 0.3) is 0 Å². The summed E-state index contributed by atoms with van der Waals surface area (Å²) in [5, 5.41) is 10.9. The standard InChI is InChI=1S/C19H28O5Si/c1-6-23-17(21)19(18(22)24-7-2)10-13-8-15(12-20)16(25(3,4)5)9-14(13)11-19/h8-9,20H,6-7,10-12H2,1-5H3. The van der Waals surface area contributed by atoms with Gasteiger partial charge in [0.15, 0.2) is 5.41 Å². The topological polar surface area (TPSA) is 72.8 Å². The second kappa shape index (κ2) is 7.29. The summed E-state index contributed by atoms with van der Waals surface area (Å²) in [5.41, 5.74) is 1.49. The number of hydrogen-bond donors (Lipinski definition) is 1. The van der Waals surface area contributed by atoms with Crippen LogP contribution in [0.4, 0.5) is 0 Å². The lowest BCUT2D eigenvalue weighted by Gasteiger charge is -2.24. The summed E-state index contributed by atoms with van der Waals surface area (Å²) >= 11 is 0. The number of aliphatic hydroxyl groups is 1. The monoisotopic (exact) mass is 364 g/mol. The Kier molecular flexibility index (Phi) is 5.74. The Balaban J connectivity index is 2.51. The van der Waals surface area contributed by atoms with E-state index in [0.717, 1.165) is 21.9 Å². The number of carbonyl (C=O) groups is 2. The average molecular weight is 365 g/mol. The second-order valence-electron chi connectivity index (χ2n) is 7.56. The van der Waals surface area contributed by atoms with Gasteiger partial charge in [-0.15, -0.1) is 0 Å². The third kappa shape index (κ3) is 3.65. The van der Waals surface area contributed by atoms with Crippen LogP contribution in [0, 0.1) is 5.41 Å². The molecule has 0 heterocycles. The molecule has 1 aliphatic rings. The van der Waals surface area contributed by atoms with E-state index in [-0.39, 0.29) is 26.2 Å². The molecule has 0 saturated heterocycles. The van der Waals surface area contributed by atoms with E-state index < -0.39 is 25.4 Å². The highest BCUT2D eigenvalue weighted by Gasteiger charge is 2.53. The minimum absolute atomic E-state index is 0.0430. The van der Waals surface area contributed by atoms with E-state index in [1.54, 1.807) is 13.8 Å². The van der Waals surface area contributed by atoms with Crippen molar-refractivity contribution in [1.29, 1.82) is 0 Å². The van der Waals surface area contributed by atoms with Crippen LogP contribution >= 0.6 is 0 Å². The van der Waals surface area contributed by atoms with Gasteiger partial charge < -0.3 is 14.6 Å². The van der Waals surface area contributed by atoms with E-state index >= 15 is 0 Å². The maximum atomic E-state index is 12.6. The van der Waals surface area contributed by atoms with Crippen molar-refractivity contribution in [3.05, 3.63) is 28.8 Å². The van der Waals surface area contributed by atoms with Crippen LogP contribution in [0.25, 0.3) is 0 Å². The van der Waals surface area contributed by atoms with E-state index in [1.807, 2.05) is 6.07 Å². The summed E-state index contributed by atoms with van der Waals surface area (Å²) in [6, 6.07) is 4.02. The molecular formula is C19H28O5Si. The van der Waals surface area contributed by atoms with E-state index in [9.17, 15) is 14.7 Å². The molecular weight excluding hydrogens is 336 g/mol. The smallest absolute Gasteiger partial charge is 0.324 e. The van der Waals surface area contributed by atoms with Gasteiger partial charge in [-0.05, 0) is 43.4 Å². The van der Waals surface area contributed by atoms with Crippen LogP contribution in [0.15, 0.2) is 12.1 Å². The van der Waals surface area contributed by atoms with Crippen LogP contribution in [0.3, 0.4) is 0 Å². The van der Waals surface area contributed by atoms with Crippen LogP contribution in [0.2, 0.25) is 19.6 Å². The second-order valence-corrected chi connectivity index (χ2v) is 12.6. The normalized spacial score (nSPS) is 15.6. The number of hydrogen-bond acceptors (Lipinski definition) is 5. The molecule has 0 spiro atoms. The first-order valence-electron chi connectivity index (χ1n) is 8.80. The highest BCUT2D eigenvalue weighted by Crippen LogP contribution is 2.40. The molecule has 25 heavy (non-hydrogen) atoms. The van der Waals surface area contributed by atoms with Crippen molar-refractivity contribution in [2.75, 3.05) is 13.2 Å². The van der Waals surface area contributed by atoms with E-state index in [2.05, 4.69) is 25.7 Å². The van der Waals surface area contributed by atoms with Crippen LogP contribution in [-0.4, -0.2) is 38.3 Å². The minimum Gasteiger partial charge on any atom is -0.465 e. The molecule has 6 heteroatoms. The Bertz CT molecular complexity index is 657. The molecule has 138 valence electrons. The SMILES string of the molecule is CCOC(=O)C1(C(=O)OCC)Cc2cc(CO)c([Si](C)(C)C)cc2C1.